The van der Waals surface area contributed by atoms with Crippen molar-refractivity contribution in [3.8, 4) is 0 Å². The SMILES string of the molecule is CCC1CCCC(OC(C)=O)C1. The zero-order valence-electron chi connectivity index (χ0n) is 8.01. The molecular formula is C10H18O2. The number of ether oxygens (including phenoxy) is 1. The Morgan fingerprint density at radius 3 is 2.83 bits per heavy atom. The molecule has 0 aromatic carbocycles. The molecule has 1 aliphatic rings. The third-order valence-electron chi connectivity index (χ3n) is 2.64. The van der Waals surface area contributed by atoms with Crippen LogP contribution in [0.1, 0.15) is 46.0 Å². The van der Waals surface area contributed by atoms with E-state index in [-0.39, 0.29) is 12.1 Å². The van der Waals surface area contributed by atoms with Crippen LogP contribution in [0.5, 0.6) is 0 Å². The first-order chi connectivity index (χ1) is 5.72. The molecule has 12 heavy (non-hydrogen) atoms. The quantitative estimate of drug-likeness (QED) is 0.595. The molecule has 1 aliphatic carbocycles. The molecule has 1 fully saturated rings. The fourth-order valence-corrected chi connectivity index (χ4v) is 1.95. The summed E-state index contributed by atoms with van der Waals surface area (Å²) in [5.41, 5.74) is 0. The van der Waals surface area contributed by atoms with Crippen LogP contribution in [-0.2, 0) is 9.53 Å². The molecule has 2 heteroatoms. The Morgan fingerprint density at radius 2 is 2.25 bits per heavy atom. The first kappa shape index (κ1) is 9.56. The molecule has 0 spiro atoms. The van der Waals surface area contributed by atoms with Gasteiger partial charge in [-0.15, -0.1) is 0 Å². The molecule has 2 unspecified atom stereocenters. The van der Waals surface area contributed by atoms with E-state index < -0.39 is 0 Å². The molecule has 1 rings (SSSR count). The Morgan fingerprint density at radius 1 is 1.50 bits per heavy atom. The highest BCUT2D eigenvalue weighted by atomic mass is 16.5. The molecule has 2 nitrogen and oxygen atoms in total. The third-order valence-corrected chi connectivity index (χ3v) is 2.64. The van der Waals surface area contributed by atoms with E-state index in [1.165, 1.54) is 26.2 Å². The molecule has 0 saturated heterocycles. The second-order valence-electron chi connectivity index (χ2n) is 3.67. The van der Waals surface area contributed by atoms with Gasteiger partial charge in [-0.1, -0.05) is 19.8 Å². The number of esters is 1. The average molecular weight is 170 g/mol. The number of rotatable bonds is 2. The van der Waals surface area contributed by atoms with Crippen LogP contribution in [0.4, 0.5) is 0 Å². The maximum absolute atomic E-state index is 10.7. The molecular weight excluding hydrogens is 152 g/mol. The van der Waals surface area contributed by atoms with Crippen molar-refractivity contribution < 1.29 is 9.53 Å². The van der Waals surface area contributed by atoms with Gasteiger partial charge in [-0.05, 0) is 25.2 Å². The first-order valence-corrected chi connectivity index (χ1v) is 4.89. The minimum absolute atomic E-state index is 0.128. The molecule has 0 N–H and O–H groups in total. The highest BCUT2D eigenvalue weighted by Gasteiger charge is 2.22. The molecule has 2 atom stereocenters. The van der Waals surface area contributed by atoms with E-state index >= 15 is 0 Å². The van der Waals surface area contributed by atoms with Gasteiger partial charge in [-0.25, -0.2) is 0 Å². The van der Waals surface area contributed by atoms with Gasteiger partial charge in [0.05, 0.1) is 0 Å². The van der Waals surface area contributed by atoms with E-state index in [9.17, 15) is 4.79 Å². The van der Waals surface area contributed by atoms with Crippen molar-refractivity contribution in [3.63, 3.8) is 0 Å². The minimum atomic E-state index is -0.128. The third kappa shape index (κ3) is 2.84. The smallest absolute Gasteiger partial charge is 0.302 e. The van der Waals surface area contributed by atoms with Crippen LogP contribution < -0.4 is 0 Å². The monoisotopic (exact) mass is 170 g/mol. The summed E-state index contributed by atoms with van der Waals surface area (Å²) in [5, 5.41) is 0. The van der Waals surface area contributed by atoms with Crippen molar-refractivity contribution in [1.82, 2.24) is 0 Å². The van der Waals surface area contributed by atoms with Gasteiger partial charge in [0.2, 0.25) is 0 Å². The van der Waals surface area contributed by atoms with Crippen LogP contribution in [-0.4, -0.2) is 12.1 Å². The fraction of sp³-hybridized carbons (Fsp3) is 0.900. The Kier molecular flexibility index (Phi) is 3.57. The zero-order valence-corrected chi connectivity index (χ0v) is 8.01. The minimum Gasteiger partial charge on any atom is -0.463 e. The van der Waals surface area contributed by atoms with Crippen molar-refractivity contribution >= 4 is 5.97 Å². The molecule has 0 aliphatic heterocycles. The Hall–Kier alpha value is -0.530. The second-order valence-corrected chi connectivity index (χ2v) is 3.67. The Bertz CT molecular complexity index is 154. The maximum atomic E-state index is 10.7. The number of hydrogen-bond donors (Lipinski definition) is 0. The number of carbonyl (C=O) groups is 1. The highest BCUT2D eigenvalue weighted by molar-refractivity contribution is 5.66. The van der Waals surface area contributed by atoms with E-state index in [4.69, 9.17) is 4.74 Å². The standard InChI is InChI=1S/C10H18O2/c1-3-9-5-4-6-10(7-9)12-8(2)11/h9-10H,3-7H2,1-2H3. The molecule has 0 amide bonds. The summed E-state index contributed by atoms with van der Waals surface area (Å²) in [6.07, 6.45) is 6.11. The Balaban J connectivity index is 2.30. The largest absolute Gasteiger partial charge is 0.463 e. The summed E-state index contributed by atoms with van der Waals surface area (Å²) in [4.78, 5) is 10.7. The van der Waals surface area contributed by atoms with Crippen LogP contribution in [0.3, 0.4) is 0 Å². The lowest BCUT2D eigenvalue weighted by Gasteiger charge is -2.27. The summed E-state index contributed by atoms with van der Waals surface area (Å²) in [7, 11) is 0. The maximum Gasteiger partial charge on any atom is 0.302 e. The predicted molar refractivity (Wildman–Crippen MR) is 47.8 cm³/mol. The van der Waals surface area contributed by atoms with Gasteiger partial charge in [-0.2, -0.15) is 0 Å². The van der Waals surface area contributed by atoms with Crippen LogP contribution in [0.25, 0.3) is 0 Å². The highest BCUT2D eigenvalue weighted by Crippen LogP contribution is 2.28. The van der Waals surface area contributed by atoms with Crippen LogP contribution in [0.2, 0.25) is 0 Å². The van der Waals surface area contributed by atoms with Gasteiger partial charge in [0.15, 0.2) is 0 Å². The van der Waals surface area contributed by atoms with Crippen molar-refractivity contribution in [1.29, 1.82) is 0 Å². The molecule has 0 aromatic heterocycles. The van der Waals surface area contributed by atoms with E-state index in [0.717, 1.165) is 18.8 Å². The second kappa shape index (κ2) is 4.48. The van der Waals surface area contributed by atoms with Crippen LogP contribution >= 0.6 is 0 Å². The molecule has 0 bridgehead atoms. The van der Waals surface area contributed by atoms with Crippen molar-refractivity contribution in [2.45, 2.75) is 52.1 Å². The predicted octanol–water partition coefficient (Wildman–Crippen LogP) is 2.52. The van der Waals surface area contributed by atoms with Gasteiger partial charge in [0.1, 0.15) is 6.10 Å². The van der Waals surface area contributed by atoms with Crippen molar-refractivity contribution in [3.05, 3.63) is 0 Å². The lowest BCUT2D eigenvalue weighted by atomic mass is 9.85. The molecule has 0 aromatic rings. The lowest BCUT2D eigenvalue weighted by Crippen LogP contribution is -2.24. The van der Waals surface area contributed by atoms with Crippen molar-refractivity contribution in [2.75, 3.05) is 0 Å². The number of carbonyl (C=O) groups excluding carboxylic acids is 1. The number of hydrogen-bond acceptors (Lipinski definition) is 2. The molecule has 1 saturated carbocycles. The molecule has 0 heterocycles. The molecule has 70 valence electrons. The van der Waals surface area contributed by atoms with Gasteiger partial charge in [0, 0.05) is 6.92 Å². The Labute approximate surface area is 74.3 Å². The average Bonchev–Trinajstić information content (AvgIpc) is 2.03. The van der Waals surface area contributed by atoms with Gasteiger partial charge < -0.3 is 4.74 Å². The van der Waals surface area contributed by atoms with Crippen LogP contribution in [0.15, 0.2) is 0 Å². The summed E-state index contributed by atoms with van der Waals surface area (Å²) < 4.78 is 5.18. The van der Waals surface area contributed by atoms with Gasteiger partial charge >= 0.3 is 5.97 Å². The lowest BCUT2D eigenvalue weighted by molar-refractivity contribution is -0.148. The summed E-state index contributed by atoms with van der Waals surface area (Å²) in [5.74, 6) is 0.653. The van der Waals surface area contributed by atoms with E-state index in [2.05, 4.69) is 6.92 Å². The summed E-state index contributed by atoms with van der Waals surface area (Å²) in [6, 6.07) is 0. The summed E-state index contributed by atoms with van der Waals surface area (Å²) in [6.45, 7) is 3.70. The van der Waals surface area contributed by atoms with Gasteiger partial charge in [-0.3, -0.25) is 4.79 Å². The summed E-state index contributed by atoms with van der Waals surface area (Å²) >= 11 is 0. The van der Waals surface area contributed by atoms with E-state index in [1.807, 2.05) is 0 Å². The molecule has 0 radical (unpaired) electrons. The zero-order chi connectivity index (χ0) is 8.97. The van der Waals surface area contributed by atoms with Crippen LogP contribution in [0, 0.1) is 5.92 Å². The van der Waals surface area contributed by atoms with Crippen molar-refractivity contribution in [2.24, 2.45) is 5.92 Å². The topological polar surface area (TPSA) is 26.3 Å². The van der Waals surface area contributed by atoms with Gasteiger partial charge in [0.25, 0.3) is 0 Å². The van der Waals surface area contributed by atoms with E-state index in [0.29, 0.717) is 0 Å². The normalized spacial score (nSPS) is 29.8. The fourth-order valence-electron chi connectivity index (χ4n) is 1.95. The first-order valence-electron chi connectivity index (χ1n) is 4.89. The van der Waals surface area contributed by atoms with E-state index in [1.54, 1.807) is 0 Å².